The second-order valence-electron chi connectivity index (χ2n) is 4.02. The molecule has 2 N–H and O–H groups in total. The maximum atomic E-state index is 12.0. The van der Waals surface area contributed by atoms with E-state index in [1.165, 1.54) is 11.4 Å². The molecule has 1 heterocycles. The van der Waals surface area contributed by atoms with Crippen molar-refractivity contribution in [3.05, 3.63) is 11.9 Å². The number of nitrogens with one attached hydrogen (secondary N) is 1. The third kappa shape index (κ3) is 3.69. The average molecular weight is 276 g/mol. The molecule has 0 unspecified atom stereocenters. The highest BCUT2D eigenvalue weighted by atomic mass is 32.2. The zero-order chi connectivity index (χ0) is 13.8. The van der Waals surface area contributed by atoms with Gasteiger partial charge in [-0.1, -0.05) is 6.92 Å². The van der Waals surface area contributed by atoms with Gasteiger partial charge in [-0.3, -0.25) is 9.40 Å². The van der Waals surface area contributed by atoms with Gasteiger partial charge < -0.3 is 5.11 Å². The molecule has 1 rings (SSSR count). The highest BCUT2D eigenvalue weighted by Crippen LogP contribution is 2.16. The fourth-order valence-corrected chi connectivity index (χ4v) is 2.49. The van der Waals surface area contributed by atoms with E-state index in [1.54, 1.807) is 17.9 Å². The quantitative estimate of drug-likeness (QED) is 0.731. The van der Waals surface area contributed by atoms with E-state index in [4.69, 9.17) is 5.11 Å². The van der Waals surface area contributed by atoms with Crippen LogP contribution in [0.3, 0.4) is 0 Å². The van der Waals surface area contributed by atoms with Crippen molar-refractivity contribution in [3.63, 3.8) is 0 Å². The molecule has 0 saturated carbocycles. The van der Waals surface area contributed by atoms with Crippen molar-refractivity contribution in [1.82, 2.24) is 14.1 Å². The standard InChI is InChI=1S/C10H20N4O3S/c1-4-9-10(8-13(2)11-9)12-18(16,17)14(3)6-5-7-15/h8,12,15H,4-7H2,1-3H3. The molecule has 0 aromatic carbocycles. The largest absolute Gasteiger partial charge is 0.396 e. The Labute approximate surface area is 108 Å². The summed E-state index contributed by atoms with van der Waals surface area (Å²) in [6.45, 7) is 2.15. The van der Waals surface area contributed by atoms with Crippen LogP contribution in [0.2, 0.25) is 0 Å². The summed E-state index contributed by atoms with van der Waals surface area (Å²) in [6.07, 6.45) is 2.69. The highest BCUT2D eigenvalue weighted by Gasteiger charge is 2.19. The number of aromatic nitrogens is 2. The van der Waals surface area contributed by atoms with Crippen molar-refractivity contribution < 1.29 is 13.5 Å². The lowest BCUT2D eigenvalue weighted by Crippen LogP contribution is -2.33. The molecule has 1 aromatic heterocycles. The second kappa shape index (κ2) is 6.17. The molecule has 0 saturated heterocycles. The molecule has 8 heteroatoms. The summed E-state index contributed by atoms with van der Waals surface area (Å²) in [4.78, 5) is 0. The van der Waals surface area contributed by atoms with E-state index < -0.39 is 10.2 Å². The second-order valence-corrected chi connectivity index (χ2v) is 5.80. The summed E-state index contributed by atoms with van der Waals surface area (Å²) < 4.78 is 29.2. The van der Waals surface area contributed by atoms with Crippen molar-refractivity contribution in [2.75, 3.05) is 24.9 Å². The lowest BCUT2D eigenvalue weighted by Gasteiger charge is -2.17. The van der Waals surface area contributed by atoms with Gasteiger partial charge in [0, 0.05) is 33.4 Å². The van der Waals surface area contributed by atoms with Crippen LogP contribution in [0.15, 0.2) is 6.20 Å². The summed E-state index contributed by atoms with van der Waals surface area (Å²) in [6, 6.07) is 0. The topological polar surface area (TPSA) is 87.5 Å². The van der Waals surface area contributed by atoms with Crippen molar-refractivity contribution in [2.45, 2.75) is 19.8 Å². The lowest BCUT2D eigenvalue weighted by molar-refractivity contribution is 0.276. The molecule has 0 spiro atoms. The molecule has 0 atom stereocenters. The van der Waals surface area contributed by atoms with Crippen LogP contribution in [-0.4, -0.2) is 47.8 Å². The Morgan fingerprint density at radius 1 is 1.56 bits per heavy atom. The molecule has 104 valence electrons. The molecule has 0 aliphatic rings. The number of hydrogen-bond donors (Lipinski definition) is 2. The number of hydrogen-bond acceptors (Lipinski definition) is 4. The summed E-state index contributed by atoms with van der Waals surface area (Å²) in [5.74, 6) is 0. The highest BCUT2D eigenvalue weighted by molar-refractivity contribution is 7.90. The van der Waals surface area contributed by atoms with Gasteiger partial charge in [0.1, 0.15) is 0 Å². The smallest absolute Gasteiger partial charge is 0.301 e. The molecule has 0 bridgehead atoms. The Morgan fingerprint density at radius 2 is 2.22 bits per heavy atom. The average Bonchev–Trinajstić information content (AvgIpc) is 2.65. The first-order chi connectivity index (χ1) is 8.40. The third-order valence-electron chi connectivity index (χ3n) is 2.52. The first-order valence-corrected chi connectivity index (χ1v) is 7.22. The van der Waals surface area contributed by atoms with E-state index in [2.05, 4.69) is 9.82 Å². The molecule has 18 heavy (non-hydrogen) atoms. The van der Waals surface area contributed by atoms with Crippen LogP contribution in [0.1, 0.15) is 19.0 Å². The van der Waals surface area contributed by atoms with Crippen LogP contribution in [0, 0.1) is 0 Å². The number of aliphatic hydroxyl groups is 1. The first kappa shape index (κ1) is 14.9. The number of rotatable bonds is 7. The number of aliphatic hydroxyl groups excluding tert-OH is 1. The lowest BCUT2D eigenvalue weighted by atomic mass is 10.3. The summed E-state index contributed by atoms with van der Waals surface area (Å²) >= 11 is 0. The number of anilines is 1. The van der Waals surface area contributed by atoms with Gasteiger partial charge in [-0.25, -0.2) is 0 Å². The minimum absolute atomic E-state index is 0.0348. The monoisotopic (exact) mass is 276 g/mol. The zero-order valence-electron chi connectivity index (χ0n) is 10.9. The van der Waals surface area contributed by atoms with Crippen LogP contribution in [0.25, 0.3) is 0 Å². The van der Waals surface area contributed by atoms with Crippen LogP contribution in [-0.2, 0) is 23.7 Å². The maximum absolute atomic E-state index is 12.0. The number of aryl methyl sites for hydroxylation is 2. The fraction of sp³-hybridized carbons (Fsp3) is 0.700. The van der Waals surface area contributed by atoms with Gasteiger partial charge in [0.2, 0.25) is 0 Å². The Kier molecular flexibility index (Phi) is 5.12. The molecule has 0 amide bonds. The van der Waals surface area contributed by atoms with Crippen LogP contribution >= 0.6 is 0 Å². The predicted octanol–water partition coefficient (Wildman–Crippen LogP) is -0.0466. The Hall–Kier alpha value is -1.12. The first-order valence-electron chi connectivity index (χ1n) is 5.78. The number of nitrogens with zero attached hydrogens (tertiary/aromatic N) is 3. The van der Waals surface area contributed by atoms with E-state index in [0.29, 0.717) is 24.2 Å². The van der Waals surface area contributed by atoms with Gasteiger partial charge in [-0.05, 0) is 12.8 Å². The molecule has 1 aromatic rings. The van der Waals surface area contributed by atoms with Crippen LogP contribution in [0.4, 0.5) is 5.69 Å². The normalized spacial score (nSPS) is 12.1. The molecular weight excluding hydrogens is 256 g/mol. The molecule has 0 aliphatic carbocycles. The molecule has 0 radical (unpaired) electrons. The summed E-state index contributed by atoms with van der Waals surface area (Å²) in [5, 5.41) is 12.9. The molecule has 0 aliphatic heterocycles. The Morgan fingerprint density at radius 3 is 2.78 bits per heavy atom. The van der Waals surface area contributed by atoms with Gasteiger partial charge in [-0.15, -0.1) is 0 Å². The molecule has 7 nitrogen and oxygen atoms in total. The molecular formula is C10H20N4O3S. The van der Waals surface area contributed by atoms with E-state index >= 15 is 0 Å². The van der Waals surface area contributed by atoms with Crippen molar-refractivity contribution in [2.24, 2.45) is 7.05 Å². The van der Waals surface area contributed by atoms with Crippen molar-refractivity contribution in [1.29, 1.82) is 0 Å². The van der Waals surface area contributed by atoms with Crippen molar-refractivity contribution in [3.8, 4) is 0 Å². The van der Waals surface area contributed by atoms with Gasteiger partial charge in [0.15, 0.2) is 0 Å². The van der Waals surface area contributed by atoms with E-state index in [9.17, 15) is 8.42 Å². The molecule has 0 fully saturated rings. The third-order valence-corrected chi connectivity index (χ3v) is 4.00. The Bertz CT molecular complexity index is 483. The Balaban J connectivity index is 2.81. The van der Waals surface area contributed by atoms with E-state index in [-0.39, 0.29) is 13.2 Å². The van der Waals surface area contributed by atoms with Crippen LogP contribution in [0.5, 0.6) is 0 Å². The minimum atomic E-state index is -3.59. The van der Waals surface area contributed by atoms with E-state index in [1.807, 2.05) is 6.92 Å². The van der Waals surface area contributed by atoms with Crippen LogP contribution < -0.4 is 4.72 Å². The van der Waals surface area contributed by atoms with Gasteiger partial charge in [0.05, 0.1) is 11.4 Å². The maximum Gasteiger partial charge on any atom is 0.301 e. The minimum Gasteiger partial charge on any atom is -0.396 e. The van der Waals surface area contributed by atoms with E-state index in [0.717, 1.165) is 0 Å². The predicted molar refractivity (Wildman–Crippen MR) is 69.5 cm³/mol. The summed E-state index contributed by atoms with van der Waals surface area (Å²) in [5.41, 5.74) is 1.20. The summed E-state index contributed by atoms with van der Waals surface area (Å²) in [7, 11) is -0.371. The van der Waals surface area contributed by atoms with Gasteiger partial charge in [0.25, 0.3) is 0 Å². The zero-order valence-corrected chi connectivity index (χ0v) is 11.7. The van der Waals surface area contributed by atoms with Crippen molar-refractivity contribution >= 4 is 15.9 Å². The fourth-order valence-electron chi connectivity index (χ4n) is 1.51. The SMILES string of the molecule is CCc1nn(C)cc1NS(=O)(=O)N(C)CCCO. The van der Waals surface area contributed by atoms with Gasteiger partial charge in [-0.2, -0.15) is 17.8 Å². The van der Waals surface area contributed by atoms with Gasteiger partial charge >= 0.3 is 10.2 Å².